The minimum atomic E-state index is -1.65. The zero-order valence-electron chi connectivity index (χ0n) is 72.0. The molecule has 13 N–H and O–H groups in total. The van der Waals surface area contributed by atoms with E-state index in [2.05, 4.69) is 36.6 Å². The average molecular weight is 1820 g/mol. The van der Waals surface area contributed by atoms with Gasteiger partial charge >= 0.3 is 30.8 Å². The van der Waals surface area contributed by atoms with Gasteiger partial charge < -0.3 is 106 Å². The van der Waals surface area contributed by atoms with Crippen molar-refractivity contribution in [3.8, 4) is 0 Å². The maximum absolute atomic E-state index is 13.0. The van der Waals surface area contributed by atoms with Crippen LogP contribution in [0.3, 0.4) is 0 Å². The molecule has 0 saturated heterocycles. The number of esters is 1. The number of fused-ring (bicyclic) bond motifs is 4. The van der Waals surface area contributed by atoms with Gasteiger partial charge in [0.1, 0.15) is 0 Å². The van der Waals surface area contributed by atoms with E-state index in [1.54, 1.807) is 84.9 Å². The molecule has 7 aromatic rings. The summed E-state index contributed by atoms with van der Waals surface area (Å²) in [5, 5.41) is 58.3. The molecule has 0 aromatic heterocycles. The van der Waals surface area contributed by atoms with E-state index in [-0.39, 0.29) is 62.6 Å². The molecular weight excluding hydrogens is 1700 g/mol. The molecule has 4 aliphatic rings. The second-order valence-corrected chi connectivity index (χ2v) is 30.9. The molecule has 7 aromatic carbocycles. The standard InChI is InChI=1S/C25H31ClN2O5.C25H29ClN2O5.C18H25NO6.C17H23NO6.C8H10ClN.Li.H2O/c2*26-20-10-8-18(9-11-20)12-13-27-25(31)23(29)22-7-3-4-14-32-15-16-33-17-19-5-1-2-6-21(19)24(30)28-22;1-23-18(22)16(20)15-8-4-5-9-24-10-11-25-12-13-6-2-3-7-14(13)17(21)19-15;19-15(17(21)22)14-7-3-4-8-23-9-10-24-11-12-5-1-2-6-13(12)16(20)18-14;9-8-3-1-7(2-4-8)5-6-10;;/h1-2,5-6,8-11,22-23,29H,3-4,7,12-17H2,(H,27,31)(H,28,30);1-2,5-6,8-11,22H,3-4,7,12-17H2,(H,27,31)(H,28,30);2-3,6-7,15-16,20H,4-5,8-12H2,1H3,(H,19,21);1-2,5-6,14-15,19H,3-4,7-11H2,(H,18,20)(H,21,22);1-4H,5-6,10H2;;1H2/q;;;;;+1;/p-1/t22-,23?;22-;15-,16?;14-,15?;;;/m0000.../s1. The summed E-state index contributed by atoms with van der Waals surface area (Å²) in [6.45, 7) is 8.34. The number of aliphatic hydroxyl groups is 3. The summed E-state index contributed by atoms with van der Waals surface area (Å²) in [6, 6.07) is 47.5. The Morgan fingerprint density at radius 1 is 0.402 bits per heavy atom. The van der Waals surface area contributed by atoms with E-state index in [1.807, 2.05) is 84.9 Å². The predicted octanol–water partition coefficient (Wildman–Crippen LogP) is 6.61. The summed E-state index contributed by atoms with van der Waals surface area (Å²) in [7, 11) is 1.21. The van der Waals surface area contributed by atoms with Gasteiger partial charge in [-0.05, 0) is 202 Å². The van der Waals surface area contributed by atoms with Crippen molar-refractivity contribution in [2.75, 3.05) is 106 Å². The van der Waals surface area contributed by atoms with E-state index in [9.17, 15) is 58.5 Å². The number of rotatable bonds is 16. The Bertz CT molecular complexity index is 4430. The Kier molecular flexibility index (Phi) is 53.8. The van der Waals surface area contributed by atoms with Crippen molar-refractivity contribution in [3.05, 3.63) is 246 Å². The number of Topliss-reactive ketones (excluding diaryl/α,β-unsaturated/α-hetero) is 1. The van der Waals surface area contributed by atoms with Crippen LogP contribution in [-0.4, -0.2) is 228 Å². The van der Waals surface area contributed by atoms with Gasteiger partial charge in [-0.15, -0.1) is 0 Å². The molecule has 0 radical (unpaired) electrons. The molecule has 6 amide bonds. The molecule has 30 nitrogen and oxygen atoms in total. The SMILES string of the molecule is COC(=O)C(O)[C@@H]1CCCCOCCOCc2ccccc2C(=O)N1.NCCc1ccc(Cl)cc1.O=C(NCCc1ccc(Cl)cc1)C(=O)[C@@H]1CCCCOCCOCc2ccccc2C(=O)N1.O=C1N[C@H](C(O)C(=O)NCCc2ccc(Cl)cc2)CCCCOCCOCc2ccccc21.O=C1N[C@H](C(O)C(=O)O)CCCCOCCOCc2ccccc21.[Li+].[OH-]. The van der Waals surface area contributed by atoms with Crippen LogP contribution in [0.1, 0.15) is 157 Å². The number of hydrogen-bond acceptors (Lipinski definition) is 23. The van der Waals surface area contributed by atoms with Gasteiger partial charge in [0.05, 0.1) is 111 Å². The Labute approximate surface area is 768 Å². The van der Waals surface area contributed by atoms with Crippen molar-refractivity contribution in [1.82, 2.24) is 31.9 Å². The maximum atomic E-state index is 13.0. The molecule has 0 aliphatic carbocycles. The Morgan fingerprint density at radius 3 is 1.04 bits per heavy atom. The van der Waals surface area contributed by atoms with Crippen molar-refractivity contribution in [2.45, 2.75) is 165 Å². The van der Waals surface area contributed by atoms with Crippen LogP contribution in [0, 0.1) is 0 Å². The van der Waals surface area contributed by atoms with Crippen molar-refractivity contribution in [1.29, 1.82) is 0 Å². The quantitative estimate of drug-likeness (QED) is 0.0275. The second kappa shape index (κ2) is 63.0. The molecule has 0 bridgehead atoms. The molecule has 11 rings (SSSR count). The molecule has 127 heavy (non-hydrogen) atoms. The molecule has 686 valence electrons. The third kappa shape index (κ3) is 41.1. The van der Waals surface area contributed by atoms with Gasteiger partial charge in [-0.2, -0.15) is 0 Å². The van der Waals surface area contributed by atoms with Crippen LogP contribution >= 0.6 is 34.8 Å². The Balaban J connectivity index is 0.000000290. The fourth-order valence-electron chi connectivity index (χ4n) is 13.3. The molecule has 4 heterocycles. The number of halogens is 3. The van der Waals surface area contributed by atoms with Crippen LogP contribution < -0.4 is 56.5 Å². The molecule has 34 heteroatoms. The second-order valence-electron chi connectivity index (χ2n) is 29.6. The molecule has 0 fully saturated rings. The van der Waals surface area contributed by atoms with E-state index >= 15 is 0 Å². The number of aliphatic hydroxyl groups excluding tert-OH is 3. The molecule has 0 spiro atoms. The first kappa shape index (κ1) is 108. The van der Waals surface area contributed by atoms with Crippen molar-refractivity contribution < 1.29 is 131 Å². The van der Waals surface area contributed by atoms with Gasteiger partial charge in [0.2, 0.25) is 5.78 Å². The first-order chi connectivity index (χ1) is 60.6. The number of nitrogens with two attached hydrogens (primary N) is 1. The molecule has 3 unspecified atom stereocenters. The molecular formula is C93H119Cl3LiN7O23. The fourth-order valence-corrected chi connectivity index (χ4v) is 13.6. The van der Waals surface area contributed by atoms with E-state index in [4.69, 9.17) is 83.5 Å². The smallest absolute Gasteiger partial charge is 0.870 e. The summed E-state index contributed by atoms with van der Waals surface area (Å²) in [5.41, 5.74) is 13.3. The van der Waals surface area contributed by atoms with Crippen LogP contribution in [-0.2, 0) is 112 Å². The summed E-state index contributed by atoms with van der Waals surface area (Å²) in [4.78, 5) is 112. The topological polar surface area (TPSA) is 446 Å². The summed E-state index contributed by atoms with van der Waals surface area (Å²) in [6.07, 6.45) is 4.93. The van der Waals surface area contributed by atoms with Crippen molar-refractivity contribution in [2.24, 2.45) is 5.73 Å². The van der Waals surface area contributed by atoms with Crippen LogP contribution in [0.15, 0.2) is 170 Å². The predicted molar refractivity (Wildman–Crippen MR) is 473 cm³/mol. The number of carbonyl (C=O) groups is 9. The van der Waals surface area contributed by atoms with Gasteiger partial charge in [-0.3, -0.25) is 33.6 Å². The zero-order chi connectivity index (χ0) is 89.8. The van der Waals surface area contributed by atoms with E-state index < -0.39 is 83.8 Å². The third-order valence-corrected chi connectivity index (χ3v) is 21.0. The van der Waals surface area contributed by atoms with Gasteiger partial charge in [-0.25, -0.2) is 9.59 Å². The van der Waals surface area contributed by atoms with E-state index in [0.717, 1.165) is 53.0 Å². The summed E-state index contributed by atoms with van der Waals surface area (Å²) in [5.74, 6) is -5.47. The van der Waals surface area contributed by atoms with Gasteiger partial charge in [0, 0.05) is 76.8 Å². The monoisotopic (exact) mass is 1810 g/mol. The summed E-state index contributed by atoms with van der Waals surface area (Å²) >= 11 is 17.5. The van der Waals surface area contributed by atoms with E-state index in [0.29, 0.717) is 213 Å². The van der Waals surface area contributed by atoms with Crippen LogP contribution in [0.25, 0.3) is 0 Å². The van der Waals surface area contributed by atoms with Crippen LogP contribution in [0.5, 0.6) is 0 Å². The number of benzene rings is 7. The molecule has 7 atom stereocenters. The number of ether oxygens (including phenoxy) is 9. The number of carbonyl (C=O) groups excluding carboxylic acids is 8. The number of carboxylic acid groups (broad SMARTS) is 1. The largest absolute Gasteiger partial charge is 1.00 e. The number of nitrogens with one attached hydrogen (secondary N) is 6. The van der Waals surface area contributed by atoms with Gasteiger partial charge in [0.15, 0.2) is 18.3 Å². The Hall–Kier alpha value is -9.08. The number of hydrogen-bond donors (Lipinski definition) is 11. The van der Waals surface area contributed by atoms with Crippen molar-refractivity contribution in [3.63, 3.8) is 0 Å². The van der Waals surface area contributed by atoms with Crippen LogP contribution in [0.4, 0.5) is 0 Å². The minimum Gasteiger partial charge on any atom is -0.870 e. The first-order valence-corrected chi connectivity index (χ1v) is 43.3. The van der Waals surface area contributed by atoms with Gasteiger partial charge in [-0.1, -0.05) is 144 Å². The zero-order valence-corrected chi connectivity index (χ0v) is 74.3. The van der Waals surface area contributed by atoms with E-state index in [1.165, 1.54) is 12.7 Å². The average Bonchev–Trinajstić information content (AvgIpc) is 0.852. The maximum Gasteiger partial charge on any atom is 1.00 e. The van der Waals surface area contributed by atoms with Crippen LogP contribution in [0.2, 0.25) is 15.1 Å². The minimum absolute atomic E-state index is 0. The number of carboxylic acids is 1. The Morgan fingerprint density at radius 2 is 0.701 bits per heavy atom. The van der Waals surface area contributed by atoms with Gasteiger partial charge in [0.25, 0.3) is 35.4 Å². The molecule has 0 saturated carbocycles. The summed E-state index contributed by atoms with van der Waals surface area (Å²) < 4.78 is 48.9. The number of aliphatic carboxylic acids is 1. The number of methoxy groups -OCH3 is 1. The number of amides is 6. The molecule has 4 aliphatic heterocycles. The first-order valence-electron chi connectivity index (χ1n) is 42.2. The van der Waals surface area contributed by atoms with Crippen molar-refractivity contribution >= 4 is 88.0 Å². The number of ketones is 1. The fraction of sp³-hybridized carbons (Fsp3) is 0.452. The third-order valence-electron chi connectivity index (χ3n) is 20.2. The normalized spacial score (nSPS) is 18.7.